The molecule has 0 heterocycles. The number of ether oxygens (including phenoxy) is 5. The molecule has 5 heteroatoms. The number of rotatable bonds is 12. The van der Waals surface area contributed by atoms with Crippen LogP contribution in [0.3, 0.4) is 0 Å². The van der Waals surface area contributed by atoms with Crippen molar-refractivity contribution in [1.82, 2.24) is 0 Å². The predicted molar refractivity (Wildman–Crippen MR) is 103 cm³/mol. The van der Waals surface area contributed by atoms with Crippen molar-refractivity contribution in [2.75, 3.05) is 39.6 Å². The van der Waals surface area contributed by atoms with E-state index in [0.29, 0.717) is 49.4 Å². The fourth-order valence-electron chi connectivity index (χ4n) is 2.14. The smallest absolute Gasteiger partial charge is 0.162 e. The molecule has 0 spiro atoms. The standard InChI is InChI=1S/C22H22O5/c1-3-13-24-19-9-5-7-11-21(19)26-17-15-23-16-18-27-22-12-8-6-10-20(22)25-14-4-2/h1-2,5-12H,13-18H2. The molecule has 0 amide bonds. The largest absolute Gasteiger partial charge is 0.487 e. The van der Waals surface area contributed by atoms with Crippen LogP contribution in [0, 0.1) is 24.7 Å². The molecule has 2 aromatic rings. The molecule has 27 heavy (non-hydrogen) atoms. The Labute approximate surface area is 160 Å². The Balaban J connectivity index is 1.65. The van der Waals surface area contributed by atoms with E-state index >= 15 is 0 Å². The summed E-state index contributed by atoms with van der Waals surface area (Å²) in [5.41, 5.74) is 0. The van der Waals surface area contributed by atoms with Crippen LogP contribution in [-0.2, 0) is 4.74 Å². The highest BCUT2D eigenvalue weighted by molar-refractivity contribution is 5.40. The zero-order valence-corrected chi connectivity index (χ0v) is 15.1. The van der Waals surface area contributed by atoms with E-state index in [-0.39, 0.29) is 13.2 Å². The van der Waals surface area contributed by atoms with Crippen molar-refractivity contribution in [2.45, 2.75) is 0 Å². The molecule has 0 fully saturated rings. The summed E-state index contributed by atoms with van der Waals surface area (Å²) < 4.78 is 27.7. The molecule has 0 aliphatic rings. The lowest BCUT2D eigenvalue weighted by molar-refractivity contribution is 0.0748. The molecule has 0 unspecified atom stereocenters. The summed E-state index contributed by atoms with van der Waals surface area (Å²) in [4.78, 5) is 0. The molecular formula is C22H22O5. The van der Waals surface area contributed by atoms with Gasteiger partial charge in [-0.15, -0.1) is 12.8 Å². The highest BCUT2D eigenvalue weighted by Crippen LogP contribution is 2.27. The molecule has 140 valence electrons. The van der Waals surface area contributed by atoms with Gasteiger partial charge in [0.1, 0.15) is 26.4 Å². The average molecular weight is 366 g/mol. The summed E-state index contributed by atoms with van der Waals surface area (Å²) >= 11 is 0. The molecular weight excluding hydrogens is 344 g/mol. The Morgan fingerprint density at radius 3 is 1.30 bits per heavy atom. The summed E-state index contributed by atoms with van der Waals surface area (Å²) in [7, 11) is 0. The minimum atomic E-state index is 0.195. The first-order valence-electron chi connectivity index (χ1n) is 8.49. The maximum Gasteiger partial charge on any atom is 0.162 e. The molecule has 0 radical (unpaired) electrons. The number of hydrogen-bond donors (Lipinski definition) is 0. The van der Waals surface area contributed by atoms with Gasteiger partial charge < -0.3 is 23.7 Å². The molecule has 0 aromatic heterocycles. The maximum absolute atomic E-state index is 5.66. The second-order valence-electron chi connectivity index (χ2n) is 5.19. The zero-order chi connectivity index (χ0) is 19.2. The molecule has 0 bridgehead atoms. The van der Waals surface area contributed by atoms with Crippen molar-refractivity contribution < 1.29 is 23.7 Å². The van der Waals surface area contributed by atoms with E-state index in [0.717, 1.165) is 0 Å². The number of hydrogen-bond acceptors (Lipinski definition) is 5. The Kier molecular flexibility index (Phi) is 9.01. The third-order valence-electron chi connectivity index (χ3n) is 3.29. The van der Waals surface area contributed by atoms with E-state index in [2.05, 4.69) is 11.8 Å². The van der Waals surface area contributed by atoms with Gasteiger partial charge in [-0.05, 0) is 24.3 Å². The van der Waals surface area contributed by atoms with Gasteiger partial charge in [0.2, 0.25) is 0 Å². The lowest BCUT2D eigenvalue weighted by atomic mass is 10.3. The van der Waals surface area contributed by atoms with E-state index in [1.807, 2.05) is 36.4 Å². The van der Waals surface area contributed by atoms with Crippen LogP contribution in [0.1, 0.15) is 0 Å². The SMILES string of the molecule is C#CCOc1ccccc1OCCOCCOc1ccccc1OCC#C. The minimum Gasteiger partial charge on any atom is -0.487 e. The van der Waals surface area contributed by atoms with Crippen LogP contribution in [0.4, 0.5) is 0 Å². The van der Waals surface area contributed by atoms with Crippen LogP contribution in [0.2, 0.25) is 0 Å². The van der Waals surface area contributed by atoms with Gasteiger partial charge in [0, 0.05) is 0 Å². The Morgan fingerprint density at radius 2 is 0.926 bits per heavy atom. The van der Waals surface area contributed by atoms with E-state index < -0.39 is 0 Å². The molecule has 0 aliphatic carbocycles. The second kappa shape index (κ2) is 12.1. The van der Waals surface area contributed by atoms with Crippen molar-refractivity contribution in [3.63, 3.8) is 0 Å². The van der Waals surface area contributed by atoms with Gasteiger partial charge in [0.05, 0.1) is 13.2 Å². The number of benzene rings is 2. The van der Waals surface area contributed by atoms with Crippen LogP contribution in [-0.4, -0.2) is 39.6 Å². The molecule has 0 aliphatic heterocycles. The summed E-state index contributed by atoms with van der Waals surface area (Å²) in [6, 6.07) is 14.7. The topological polar surface area (TPSA) is 46.2 Å². The van der Waals surface area contributed by atoms with Crippen molar-refractivity contribution in [2.24, 2.45) is 0 Å². The molecule has 0 saturated heterocycles. The van der Waals surface area contributed by atoms with Crippen LogP contribution < -0.4 is 18.9 Å². The van der Waals surface area contributed by atoms with Crippen molar-refractivity contribution >= 4 is 0 Å². The van der Waals surface area contributed by atoms with Gasteiger partial charge >= 0.3 is 0 Å². The Morgan fingerprint density at radius 1 is 0.556 bits per heavy atom. The van der Waals surface area contributed by atoms with Crippen molar-refractivity contribution in [3.8, 4) is 47.7 Å². The first-order valence-corrected chi connectivity index (χ1v) is 8.49. The molecule has 2 aromatic carbocycles. The lowest BCUT2D eigenvalue weighted by Gasteiger charge is -2.12. The second-order valence-corrected chi connectivity index (χ2v) is 5.19. The van der Waals surface area contributed by atoms with Gasteiger partial charge in [-0.1, -0.05) is 36.1 Å². The van der Waals surface area contributed by atoms with E-state index in [4.69, 9.17) is 36.5 Å². The third-order valence-corrected chi connectivity index (χ3v) is 3.29. The lowest BCUT2D eigenvalue weighted by Crippen LogP contribution is -2.12. The monoisotopic (exact) mass is 366 g/mol. The first-order chi connectivity index (χ1) is 13.3. The highest BCUT2D eigenvalue weighted by Gasteiger charge is 2.05. The molecule has 0 atom stereocenters. The zero-order valence-electron chi connectivity index (χ0n) is 15.1. The molecule has 5 nitrogen and oxygen atoms in total. The summed E-state index contributed by atoms with van der Waals surface area (Å²) in [5, 5.41) is 0. The normalized spacial score (nSPS) is 9.70. The minimum absolute atomic E-state index is 0.195. The van der Waals surface area contributed by atoms with Gasteiger partial charge in [0.25, 0.3) is 0 Å². The number of para-hydroxylation sites is 4. The molecule has 2 rings (SSSR count). The van der Waals surface area contributed by atoms with E-state index in [9.17, 15) is 0 Å². The molecule has 0 saturated carbocycles. The third kappa shape index (κ3) is 7.23. The van der Waals surface area contributed by atoms with Crippen LogP contribution in [0.25, 0.3) is 0 Å². The Hall–Kier alpha value is -3.28. The van der Waals surface area contributed by atoms with Crippen molar-refractivity contribution in [3.05, 3.63) is 48.5 Å². The van der Waals surface area contributed by atoms with Gasteiger partial charge in [-0.3, -0.25) is 0 Å². The van der Waals surface area contributed by atoms with Crippen LogP contribution >= 0.6 is 0 Å². The van der Waals surface area contributed by atoms with Crippen LogP contribution in [0.15, 0.2) is 48.5 Å². The molecule has 0 N–H and O–H groups in total. The highest BCUT2D eigenvalue weighted by atomic mass is 16.6. The summed E-state index contributed by atoms with van der Waals surface area (Å²) in [6.45, 7) is 2.00. The number of terminal acetylenes is 2. The first kappa shape index (κ1) is 20.0. The summed E-state index contributed by atoms with van der Waals surface area (Å²) in [6.07, 6.45) is 10.4. The fraction of sp³-hybridized carbons (Fsp3) is 0.273. The van der Waals surface area contributed by atoms with E-state index in [1.54, 1.807) is 12.1 Å². The predicted octanol–water partition coefficient (Wildman–Crippen LogP) is 3.19. The average Bonchev–Trinajstić information content (AvgIpc) is 2.71. The maximum atomic E-state index is 5.66. The summed E-state index contributed by atoms with van der Waals surface area (Å²) in [5.74, 6) is 7.34. The van der Waals surface area contributed by atoms with Gasteiger partial charge in [-0.25, -0.2) is 0 Å². The van der Waals surface area contributed by atoms with E-state index in [1.165, 1.54) is 0 Å². The fourth-order valence-corrected chi connectivity index (χ4v) is 2.14. The van der Waals surface area contributed by atoms with Crippen molar-refractivity contribution in [1.29, 1.82) is 0 Å². The van der Waals surface area contributed by atoms with Crippen LogP contribution in [0.5, 0.6) is 23.0 Å². The van der Waals surface area contributed by atoms with Gasteiger partial charge in [0.15, 0.2) is 23.0 Å². The Bertz CT molecular complexity index is 707. The quantitative estimate of drug-likeness (QED) is 0.426. The van der Waals surface area contributed by atoms with Gasteiger partial charge in [-0.2, -0.15) is 0 Å².